The highest BCUT2D eigenvalue weighted by Gasteiger charge is 2.32. The first kappa shape index (κ1) is 14.9. The highest BCUT2D eigenvalue weighted by molar-refractivity contribution is 5.90. The molecule has 0 saturated carbocycles. The highest BCUT2D eigenvalue weighted by atomic mass is 16.6. The number of nitrogens with one attached hydrogen (secondary N) is 1. The van der Waals surface area contributed by atoms with Gasteiger partial charge in [-0.1, -0.05) is 5.16 Å². The van der Waals surface area contributed by atoms with E-state index in [-0.39, 0.29) is 12.1 Å². The number of amides is 2. The Morgan fingerprint density at radius 1 is 1.25 bits per heavy atom. The molecule has 3 heterocycles. The quantitative estimate of drug-likeness (QED) is 0.916. The number of likely N-dealkylation sites (tertiary alicyclic amines) is 1. The maximum Gasteiger partial charge on any atom is 0.322 e. The summed E-state index contributed by atoms with van der Waals surface area (Å²) in [6, 6.07) is 7.09. The number of carbonyl (C=O) groups is 1. The monoisotopic (exact) mass is 329 g/mol. The molecule has 1 unspecified atom stereocenters. The predicted molar refractivity (Wildman–Crippen MR) is 86.4 cm³/mol. The molecule has 7 heteroatoms. The fourth-order valence-corrected chi connectivity index (χ4v) is 3.16. The van der Waals surface area contributed by atoms with E-state index in [9.17, 15) is 4.79 Å². The molecule has 1 saturated heterocycles. The second-order valence-electron chi connectivity index (χ2n) is 6.01. The summed E-state index contributed by atoms with van der Waals surface area (Å²) >= 11 is 0. The molecule has 0 aliphatic carbocycles. The molecule has 1 N–H and O–H groups in total. The van der Waals surface area contributed by atoms with Gasteiger partial charge in [-0.25, -0.2) is 4.79 Å². The van der Waals surface area contributed by atoms with Gasteiger partial charge >= 0.3 is 6.03 Å². The van der Waals surface area contributed by atoms with Crippen LogP contribution in [0.4, 0.5) is 10.5 Å². The van der Waals surface area contributed by atoms with Crippen molar-refractivity contribution in [3.05, 3.63) is 35.7 Å². The van der Waals surface area contributed by atoms with Gasteiger partial charge in [-0.05, 0) is 31.9 Å². The molecule has 2 aliphatic heterocycles. The third-order valence-electron chi connectivity index (χ3n) is 4.28. The van der Waals surface area contributed by atoms with Crippen LogP contribution >= 0.6 is 0 Å². The molecular formula is C17H19N3O4. The van der Waals surface area contributed by atoms with Gasteiger partial charge in [0.2, 0.25) is 0 Å². The average molecular weight is 329 g/mol. The first-order valence-corrected chi connectivity index (χ1v) is 8.11. The number of nitrogens with zero attached hydrogens (tertiary/aromatic N) is 2. The van der Waals surface area contributed by atoms with Crippen LogP contribution < -0.4 is 14.8 Å². The van der Waals surface area contributed by atoms with Gasteiger partial charge < -0.3 is 24.2 Å². The summed E-state index contributed by atoms with van der Waals surface area (Å²) < 4.78 is 16.4. The molecule has 0 spiro atoms. The van der Waals surface area contributed by atoms with Crippen LogP contribution in [0.3, 0.4) is 0 Å². The Morgan fingerprint density at radius 3 is 2.88 bits per heavy atom. The Labute approximate surface area is 139 Å². The van der Waals surface area contributed by atoms with Crippen molar-refractivity contribution in [2.75, 3.05) is 25.1 Å². The van der Waals surface area contributed by atoms with Crippen molar-refractivity contribution < 1.29 is 18.8 Å². The van der Waals surface area contributed by atoms with E-state index in [0.717, 1.165) is 24.3 Å². The zero-order valence-electron chi connectivity index (χ0n) is 13.4. The van der Waals surface area contributed by atoms with Crippen molar-refractivity contribution in [1.29, 1.82) is 0 Å². The zero-order chi connectivity index (χ0) is 16.5. The highest BCUT2D eigenvalue weighted by Crippen LogP contribution is 2.35. The van der Waals surface area contributed by atoms with E-state index in [0.29, 0.717) is 36.9 Å². The number of fused-ring (bicyclic) bond motifs is 1. The summed E-state index contributed by atoms with van der Waals surface area (Å²) in [6.45, 7) is 3.64. The smallest absolute Gasteiger partial charge is 0.322 e. The van der Waals surface area contributed by atoms with Crippen LogP contribution in [-0.2, 0) is 0 Å². The molecule has 1 aromatic carbocycles. The zero-order valence-corrected chi connectivity index (χ0v) is 13.4. The average Bonchev–Trinajstić information content (AvgIpc) is 3.23. The third-order valence-corrected chi connectivity index (χ3v) is 4.28. The fraction of sp³-hybridized carbons (Fsp3) is 0.412. The van der Waals surface area contributed by atoms with Crippen molar-refractivity contribution >= 4 is 11.7 Å². The Morgan fingerprint density at radius 2 is 2.08 bits per heavy atom. The summed E-state index contributed by atoms with van der Waals surface area (Å²) in [5, 5.41) is 6.85. The molecule has 2 aliphatic rings. The summed E-state index contributed by atoms with van der Waals surface area (Å²) in [7, 11) is 0. The van der Waals surface area contributed by atoms with Gasteiger partial charge in [-0.2, -0.15) is 0 Å². The number of anilines is 1. The molecule has 126 valence electrons. The fourth-order valence-electron chi connectivity index (χ4n) is 3.16. The van der Waals surface area contributed by atoms with E-state index in [1.807, 2.05) is 25.1 Å². The van der Waals surface area contributed by atoms with Gasteiger partial charge in [-0.15, -0.1) is 0 Å². The van der Waals surface area contributed by atoms with Crippen molar-refractivity contribution in [2.45, 2.75) is 25.8 Å². The third kappa shape index (κ3) is 2.77. The second kappa shape index (κ2) is 6.07. The number of carbonyl (C=O) groups excluding carboxylic acids is 1. The minimum absolute atomic E-state index is 0.0663. The van der Waals surface area contributed by atoms with Gasteiger partial charge in [-0.3, -0.25) is 0 Å². The van der Waals surface area contributed by atoms with Crippen LogP contribution in [0.5, 0.6) is 11.5 Å². The molecular weight excluding hydrogens is 310 g/mol. The van der Waals surface area contributed by atoms with Crippen molar-refractivity contribution in [3.8, 4) is 11.5 Å². The van der Waals surface area contributed by atoms with Crippen molar-refractivity contribution in [3.63, 3.8) is 0 Å². The minimum atomic E-state index is -0.150. The number of benzene rings is 1. The second-order valence-corrected chi connectivity index (χ2v) is 6.01. The standard InChI is InChI=1S/C17H19N3O4/c1-11-9-15(24-19-11)13-3-2-6-20(13)17(21)18-12-4-5-14-16(10-12)23-8-7-22-14/h4-5,9-10,13H,2-3,6-8H2,1H3,(H,18,21). The minimum Gasteiger partial charge on any atom is -0.486 e. The van der Waals surface area contributed by atoms with E-state index in [2.05, 4.69) is 10.5 Å². The van der Waals surface area contributed by atoms with Crippen molar-refractivity contribution in [1.82, 2.24) is 10.1 Å². The molecule has 1 aromatic heterocycles. The first-order chi connectivity index (χ1) is 11.7. The number of urea groups is 1. The van der Waals surface area contributed by atoms with Crippen LogP contribution in [0.15, 0.2) is 28.8 Å². The summed E-state index contributed by atoms with van der Waals surface area (Å²) in [5.41, 5.74) is 1.51. The normalized spacial score (nSPS) is 19.4. The lowest BCUT2D eigenvalue weighted by molar-refractivity contribution is 0.171. The van der Waals surface area contributed by atoms with E-state index >= 15 is 0 Å². The summed E-state index contributed by atoms with van der Waals surface area (Å²) in [6.07, 6.45) is 1.82. The molecule has 0 bridgehead atoms. The van der Waals surface area contributed by atoms with Crippen molar-refractivity contribution in [2.24, 2.45) is 0 Å². The topological polar surface area (TPSA) is 76.8 Å². The Kier molecular flexibility index (Phi) is 3.76. The summed E-state index contributed by atoms with van der Waals surface area (Å²) in [5.74, 6) is 2.10. The van der Waals surface area contributed by atoms with E-state index in [4.69, 9.17) is 14.0 Å². The predicted octanol–water partition coefficient (Wildman–Crippen LogP) is 3.12. The van der Waals surface area contributed by atoms with Crippen LogP contribution in [0, 0.1) is 6.92 Å². The largest absolute Gasteiger partial charge is 0.486 e. The maximum atomic E-state index is 12.7. The SMILES string of the molecule is Cc1cc(C2CCCN2C(=O)Nc2ccc3c(c2)OCCO3)on1. The van der Waals surface area contributed by atoms with Crippen LogP contribution in [-0.4, -0.2) is 35.8 Å². The molecule has 0 radical (unpaired) electrons. The molecule has 2 aromatic rings. The Bertz CT molecular complexity index is 758. The lowest BCUT2D eigenvalue weighted by Gasteiger charge is -2.24. The first-order valence-electron chi connectivity index (χ1n) is 8.11. The van der Waals surface area contributed by atoms with E-state index in [1.165, 1.54) is 0 Å². The summed E-state index contributed by atoms with van der Waals surface area (Å²) in [4.78, 5) is 14.4. The van der Waals surface area contributed by atoms with Crippen LogP contribution in [0.2, 0.25) is 0 Å². The van der Waals surface area contributed by atoms with Gasteiger partial charge in [0, 0.05) is 24.4 Å². The number of aromatic nitrogens is 1. The number of aryl methyl sites for hydroxylation is 1. The number of rotatable bonds is 2. The lowest BCUT2D eigenvalue weighted by Crippen LogP contribution is -2.34. The molecule has 2 amide bonds. The molecule has 24 heavy (non-hydrogen) atoms. The maximum absolute atomic E-state index is 12.7. The van der Waals surface area contributed by atoms with E-state index < -0.39 is 0 Å². The van der Waals surface area contributed by atoms with Gasteiger partial charge in [0.15, 0.2) is 17.3 Å². The lowest BCUT2D eigenvalue weighted by atomic mass is 10.1. The molecule has 1 atom stereocenters. The Balaban J connectivity index is 1.49. The van der Waals surface area contributed by atoms with Crippen LogP contribution in [0.1, 0.15) is 30.3 Å². The number of ether oxygens (including phenoxy) is 2. The number of hydrogen-bond donors (Lipinski definition) is 1. The Hall–Kier alpha value is -2.70. The molecule has 1 fully saturated rings. The van der Waals surface area contributed by atoms with Gasteiger partial charge in [0.1, 0.15) is 13.2 Å². The molecule has 4 rings (SSSR count). The number of hydrogen-bond acceptors (Lipinski definition) is 5. The molecule has 7 nitrogen and oxygen atoms in total. The van der Waals surface area contributed by atoms with Gasteiger partial charge in [0.05, 0.1) is 11.7 Å². The van der Waals surface area contributed by atoms with Crippen LogP contribution in [0.25, 0.3) is 0 Å². The van der Waals surface area contributed by atoms with Gasteiger partial charge in [0.25, 0.3) is 0 Å². The van der Waals surface area contributed by atoms with E-state index in [1.54, 1.807) is 11.0 Å².